The summed E-state index contributed by atoms with van der Waals surface area (Å²) in [5, 5.41) is 0. The van der Waals surface area contributed by atoms with Crippen molar-refractivity contribution in [2.75, 3.05) is 6.54 Å². The normalized spacial score (nSPS) is 27.9. The number of hydrogen-bond donors (Lipinski definition) is 0. The van der Waals surface area contributed by atoms with E-state index in [4.69, 9.17) is 0 Å². The van der Waals surface area contributed by atoms with E-state index in [0.717, 1.165) is 6.54 Å². The molecule has 1 aliphatic rings. The van der Waals surface area contributed by atoms with Gasteiger partial charge in [0.15, 0.2) is 0 Å². The van der Waals surface area contributed by atoms with Crippen LogP contribution in [0.4, 0.5) is 0 Å². The molecule has 0 spiro atoms. The molecule has 3 nitrogen and oxygen atoms in total. The Morgan fingerprint density at radius 1 is 1.31 bits per heavy atom. The molecule has 1 heterocycles. The summed E-state index contributed by atoms with van der Waals surface area (Å²) >= 11 is 0. The topological polar surface area (TPSA) is 23.6 Å². The van der Waals surface area contributed by atoms with E-state index >= 15 is 0 Å². The Balaban J connectivity index is 3.05. The third kappa shape index (κ3) is 2.40. The van der Waals surface area contributed by atoms with Crippen molar-refractivity contribution >= 4 is 5.91 Å². The highest BCUT2D eigenvalue weighted by atomic mass is 16.2. The van der Waals surface area contributed by atoms with E-state index in [1.165, 1.54) is 0 Å². The van der Waals surface area contributed by atoms with Gasteiger partial charge in [0.2, 0.25) is 5.91 Å². The van der Waals surface area contributed by atoms with E-state index in [0.29, 0.717) is 12.1 Å². The van der Waals surface area contributed by atoms with Crippen LogP contribution in [0.25, 0.3) is 0 Å². The zero-order chi connectivity index (χ0) is 12.7. The van der Waals surface area contributed by atoms with Crippen LogP contribution >= 0.6 is 0 Å². The molecule has 1 aliphatic heterocycles. The fraction of sp³-hybridized carbons (Fsp3) is 0.923. The highest BCUT2D eigenvalue weighted by molar-refractivity contribution is 5.74. The molecule has 0 aromatic rings. The standard InChI is InChI=1S/C13H26N2O/c1-9(2)14-8-10(3)15(11(4)16)12(14)13(5,6)7/h9-10,12H,8H2,1-7H3/t10-,12?/m0/s1. The summed E-state index contributed by atoms with van der Waals surface area (Å²) in [5.74, 6) is 0.190. The van der Waals surface area contributed by atoms with Gasteiger partial charge in [-0.15, -0.1) is 0 Å². The van der Waals surface area contributed by atoms with Crippen LogP contribution in [0.2, 0.25) is 0 Å². The van der Waals surface area contributed by atoms with Crippen molar-refractivity contribution < 1.29 is 4.79 Å². The lowest BCUT2D eigenvalue weighted by Crippen LogP contribution is -2.52. The van der Waals surface area contributed by atoms with Gasteiger partial charge in [-0.3, -0.25) is 9.69 Å². The predicted octanol–water partition coefficient (Wildman–Crippen LogP) is 2.32. The molecule has 1 amide bonds. The van der Waals surface area contributed by atoms with Crippen molar-refractivity contribution in [2.45, 2.75) is 66.7 Å². The van der Waals surface area contributed by atoms with Gasteiger partial charge in [-0.05, 0) is 26.2 Å². The Bertz CT molecular complexity index is 268. The number of nitrogens with zero attached hydrogens (tertiary/aromatic N) is 2. The van der Waals surface area contributed by atoms with Gasteiger partial charge in [0.1, 0.15) is 0 Å². The van der Waals surface area contributed by atoms with Crippen molar-refractivity contribution in [2.24, 2.45) is 5.41 Å². The molecule has 0 aromatic carbocycles. The summed E-state index contributed by atoms with van der Waals surface area (Å²) in [6, 6.07) is 0.806. The van der Waals surface area contributed by atoms with Crippen molar-refractivity contribution in [1.29, 1.82) is 0 Å². The first-order valence-electron chi connectivity index (χ1n) is 6.21. The molecular weight excluding hydrogens is 200 g/mol. The van der Waals surface area contributed by atoms with Gasteiger partial charge in [-0.2, -0.15) is 0 Å². The van der Waals surface area contributed by atoms with E-state index in [9.17, 15) is 4.79 Å². The Kier molecular flexibility index (Phi) is 3.68. The fourth-order valence-electron chi connectivity index (χ4n) is 2.78. The average molecular weight is 226 g/mol. The van der Waals surface area contributed by atoms with E-state index in [1.807, 2.05) is 4.90 Å². The zero-order valence-corrected chi connectivity index (χ0v) is 11.7. The van der Waals surface area contributed by atoms with Crippen LogP contribution in [0.1, 0.15) is 48.5 Å². The van der Waals surface area contributed by atoms with Gasteiger partial charge in [0.05, 0.1) is 6.17 Å². The van der Waals surface area contributed by atoms with E-state index in [-0.39, 0.29) is 17.5 Å². The lowest BCUT2D eigenvalue weighted by Gasteiger charge is -2.41. The van der Waals surface area contributed by atoms with Crippen LogP contribution in [0, 0.1) is 5.41 Å². The highest BCUT2D eigenvalue weighted by Crippen LogP contribution is 2.35. The van der Waals surface area contributed by atoms with Crippen LogP contribution in [0.3, 0.4) is 0 Å². The van der Waals surface area contributed by atoms with E-state index in [2.05, 4.69) is 46.4 Å². The van der Waals surface area contributed by atoms with Crippen LogP contribution in [-0.2, 0) is 4.79 Å². The molecule has 0 bridgehead atoms. The first kappa shape index (κ1) is 13.5. The maximum atomic E-state index is 11.8. The molecule has 0 aliphatic carbocycles. The molecule has 1 unspecified atom stereocenters. The zero-order valence-electron chi connectivity index (χ0n) is 11.7. The Hall–Kier alpha value is -0.570. The molecule has 0 aromatic heterocycles. The minimum atomic E-state index is 0.0979. The molecule has 16 heavy (non-hydrogen) atoms. The van der Waals surface area contributed by atoms with Crippen molar-refractivity contribution in [3.8, 4) is 0 Å². The second-order valence-corrected chi connectivity index (χ2v) is 6.31. The molecule has 0 saturated carbocycles. The summed E-state index contributed by atoms with van der Waals surface area (Å²) in [5.41, 5.74) is 0.0979. The summed E-state index contributed by atoms with van der Waals surface area (Å²) < 4.78 is 0. The molecule has 2 atom stereocenters. The minimum absolute atomic E-state index is 0.0979. The summed E-state index contributed by atoms with van der Waals surface area (Å²) in [6.45, 7) is 15.8. The molecule has 1 rings (SSSR count). The Morgan fingerprint density at radius 3 is 2.12 bits per heavy atom. The van der Waals surface area contributed by atoms with Gasteiger partial charge in [0, 0.05) is 25.6 Å². The first-order chi connectivity index (χ1) is 7.16. The average Bonchev–Trinajstić information content (AvgIpc) is 2.41. The minimum Gasteiger partial charge on any atom is -0.323 e. The Morgan fingerprint density at radius 2 is 1.81 bits per heavy atom. The molecule has 0 radical (unpaired) electrons. The monoisotopic (exact) mass is 226 g/mol. The molecule has 0 N–H and O–H groups in total. The van der Waals surface area contributed by atoms with Gasteiger partial charge in [0.25, 0.3) is 0 Å². The second kappa shape index (κ2) is 4.36. The van der Waals surface area contributed by atoms with Crippen LogP contribution in [0.5, 0.6) is 0 Å². The molecular formula is C13H26N2O. The van der Waals surface area contributed by atoms with Gasteiger partial charge in [-0.25, -0.2) is 0 Å². The van der Waals surface area contributed by atoms with E-state index in [1.54, 1.807) is 6.92 Å². The summed E-state index contributed by atoms with van der Waals surface area (Å²) in [7, 11) is 0. The quantitative estimate of drug-likeness (QED) is 0.685. The number of rotatable bonds is 1. The molecule has 3 heteroatoms. The lowest BCUT2D eigenvalue weighted by atomic mass is 9.90. The molecule has 94 valence electrons. The number of carbonyl (C=O) groups excluding carboxylic acids is 1. The Labute approximate surface area is 99.8 Å². The van der Waals surface area contributed by atoms with Gasteiger partial charge >= 0.3 is 0 Å². The fourth-order valence-corrected chi connectivity index (χ4v) is 2.78. The maximum Gasteiger partial charge on any atom is 0.221 e. The smallest absolute Gasteiger partial charge is 0.221 e. The maximum absolute atomic E-state index is 11.8. The number of carbonyl (C=O) groups is 1. The van der Waals surface area contributed by atoms with Crippen LogP contribution in [0.15, 0.2) is 0 Å². The van der Waals surface area contributed by atoms with Crippen molar-refractivity contribution in [3.05, 3.63) is 0 Å². The predicted molar refractivity (Wildman–Crippen MR) is 67.1 cm³/mol. The second-order valence-electron chi connectivity index (χ2n) is 6.31. The van der Waals surface area contributed by atoms with E-state index < -0.39 is 0 Å². The lowest BCUT2D eigenvalue weighted by molar-refractivity contribution is -0.136. The van der Waals surface area contributed by atoms with Gasteiger partial charge in [-0.1, -0.05) is 20.8 Å². The SMILES string of the molecule is CC(=O)N1C(C(C)(C)C)N(C(C)C)C[C@@H]1C. The van der Waals surface area contributed by atoms with Crippen molar-refractivity contribution in [1.82, 2.24) is 9.80 Å². The molecule has 1 fully saturated rings. The number of amides is 1. The third-order valence-corrected chi connectivity index (χ3v) is 3.33. The summed E-state index contributed by atoms with van der Waals surface area (Å²) in [4.78, 5) is 16.3. The molecule has 1 saturated heterocycles. The highest BCUT2D eigenvalue weighted by Gasteiger charge is 2.45. The van der Waals surface area contributed by atoms with Gasteiger partial charge < -0.3 is 4.90 Å². The van der Waals surface area contributed by atoms with Crippen molar-refractivity contribution in [3.63, 3.8) is 0 Å². The summed E-state index contributed by atoms with van der Waals surface area (Å²) in [6.07, 6.45) is 0.222. The largest absolute Gasteiger partial charge is 0.323 e. The number of hydrogen-bond acceptors (Lipinski definition) is 2. The van der Waals surface area contributed by atoms with Crippen LogP contribution < -0.4 is 0 Å². The third-order valence-electron chi connectivity index (χ3n) is 3.33. The van der Waals surface area contributed by atoms with Crippen LogP contribution in [-0.4, -0.2) is 40.5 Å². The first-order valence-corrected chi connectivity index (χ1v) is 6.21.